The van der Waals surface area contributed by atoms with Gasteiger partial charge in [0.25, 0.3) is 0 Å². The van der Waals surface area contributed by atoms with E-state index in [2.05, 4.69) is 10.6 Å². The Labute approximate surface area is 171 Å². The number of anilines is 1. The summed E-state index contributed by atoms with van der Waals surface area (Å²) in [5, 5.41) is 6.74. The molecule has 1 aliphatic heterocycles. The van der Waals surface area contributed by atoms with Crippen molar-refractivity contribution < 1.29 is 9.53 Å². The van der Waals surface area contributed by atoms with E-state index in [0.29, 0.717) is 23.7 Å². The second-order valence-corrected chi connectivity index (χ2v) is 7.34. The van der Waals surface area contributed by atoms with E-state index in [0.717, 1.165) is 22.5 Å². The molecule has 2 aromatic carbocycles. The molecule has 28 heavy (non-hydrogen) atoms. The van der Waals surface area contributed by atoms with Crippen LogP contribution in [0.25, 0.3) is 0 Å². The molecule has 0 fully saturated rings. The Bertz CT molecular complexity index is 876. The minimum atomic E-state index is -0.339. The van der Waals surface area contributed by atoms with Crippen molar-refractivity contribution in [2.45, 2.75) is 19.4 Å². The van der Waals surface area contributed by atoms with Crippen molar-refractivity contribution in [3.63, 3.8) is 0 Å². The van der Waals surface area contributed by atoms with Crippen LogP contribution in [0.15, 0.2) is 65.9 Å². The third-order valence-corrected chi connectivity index (χ3v) is 4.92. The second-order valence-electron chi connectivity index (χ2n) is 6.93. The van der Waals surface area contributed by atoms with Crippen LogP contribution < -0.4 is 15.5 Å². The minimum Gasteiger partial charge on any atom is -0.462 e. The van der Waals surface area contributed by atoms with Crippen LogP contribution in [0.3, 0.4) is 0 Å². The maximum Gasteiger partial charge on any atom is 0.338 e. The van der Waals surface area contributed by atoms with Crippen LogP contribution in [-0.4, -0.2) is 31.8 Å². The van der Waals surface area contributed by atoms with Crippen LogP contribution in [0.5, 0.6) is 0 Å². The number of allylic oxidation sites excluding steroid dienone is 1. The van der Waals surface area contributed by atoms with Crippen molar-refractivity contribution in [3.05, 3.63) is 77.0 Å². The molecule has 0 saturated heterocycles. The van der Waals surface area contributed by atoms with Crippen LogP contribution in [-0.2, 0) is 16.0 Å². The van der Waals surface area contributed by atoms with E-state index in [4.69, 9.17) is 17.0 Å². The van der Waals surface area contributed by atoms with Crippen molar-refractivity contribution in [1.82, 2.24) is 10.6 Å². The number of hydrogen-bond donors (Lipinski definition) is 2. The third-order valence-electron chi connectivity index (χ3n) is 4.70. The summed E-state index contributed by atoms with van der Waals surface area (Å²) >= 11 is 5.30. The summed E-state index contributed by atoms with van der Waals surface area (Å²) in [6.07, 6.45) is 0.681. The lowest BCUT2D eigenvalue weighted by molar-refractivity contribution is -0.139. The SMILES string of the molecule is CC1=C(C(=O)OCCc2ccccc2)[C@@H](c2ccc(N(C)C)cc2)NC(=S)N1. The highest BCUT2D eigenvalue weighted by Gasteiger charge is 2.30. The second kappa shape index (κ2) is 8.89. The fourth-order valence-electron chi connectivity index (χ4n) is 3.16. The molecule has 0 bridgehead atoms. The zero-order valence-corrected chi connectivity index (χ0v) is 17.2. The summed E-state index contributed by atoms with van der Waals surface area (Å²) < 4.78 is 5.58. The summed E-state index contributed by atoms with van der Waals surface area (Å²) in [6.45, 7) is 2.18. The highest BCUT2D eigenvalue weighted by atomic mass is 32.1. The lowest BCUT2D eigenvalue weighted by atomic mass is 9.95. The topological polar surface area (TPSA) is 53.6 Å². The molecule has 0 aromatic heterocycles. The molecule has 0 unspecified atom stereocenters. The molecule has 5 nitrogen and oxygen atoms in total. The van der Waals surface area contributed by atoms with Gasteiger partial charge in [0.15, 0.2) is 5.11 Å². The van der Waals surface area contributed by atoms with Crippen molar-refractivity contribution in [2.24, 2.45) is 0 Å². The van der Waals surface area contributed by atoms with Gasteiger partial charge in [-0.3, -0.25) is 0 Å². The van der Waals surface area contributed by atoms with Gasteiger partial charge in [-0.25, -0.2) is 4.79 Å². The van der Waals surface area contributed by atoms with E-state index in [1.807, 2.05) is 80.5 Å². The number of thiocarbonyl (C=S) groups is 1. The Morgan fingerprint density at radius 2 is 1.79 bits per heavy atom. The average molecular weight is 396 g/mol. The van der Waals surface area contributed by atoms with Gasteiger partial charge in [0, 0.05) is 31.9 Å². The van der Waals surface area contributed by atoms with Gasteiger partial charge in [-0.2, -0.15) is 0 Å². The van der Waals surface area contributed by atoms with Gasteiger partial charge in [-0.15, -0.1) is 0 Å². The fraction of sp³-hybridized carbons (Fsp3) is 0.273. The lowest BCUT2D eigenvalue weighted by Gasteiger charge is -2.30. The molecule has 6 heteroatoms. The molecule has 3 rings (SSSR count). The van der Waals surface area contributed by atoms with Crippen LogP contribution in [0.4, 0.5) is 5.69 Å². The number of carbonyl (C=O) groups is 1. The minimum absolute atomic E-state index is 0.330. The highest BCUT2D eigenvalue weighted by Crippen LogP contribution is 2.29. The summed E-state index contributed by atoms with van der Waals surface area (Å²) in [5.74, 6) is -0.336. The van der Waals surface area contributed by atoms with Crippen molar-refractivity contribution in [2.75, 3.05) is 25.6 Å². The zero-order valence-electron chi connectivity index (χ0n) is 16.4. The van der Waals surface area contributed by atoms with Crippen LogP contribution >= 0.6 is 12.2 Å². The molecular formula is C22H25N3O2S. The largest absolute Gasteiger partial charge is 0.462 e. The molecule has 2 aromatic rings. The average Bonchev–Trinajstić information content (AvgIpc) is 2.68. The quantitative estimate of drug-likeness (QED) is 0.578. The van der Waals surface area contributed by atoms with Gasteiger partial charge in [-0.05, 0) is 42.4 Å². The van der Waals surface area contributed by atoms with Gasteiger partial charge < -0.3 is 20.3 Å². The normalized spacial score (nSPS) is 16.2. The van der Waals surface area contributed by atoms with E-state index in [1.54, 1.807) is 0 Å². The first-order chi connectivity index (χ1) is 13.5. The number of carbonyl (C=O) groups excluding carboxylic acids is 1. The Kier molecular flexibility index (Phi) is 6.31. The maximum absolute atomic E-state index is 12.9. The smallest absolute Gasteiger partial charge is 0.338 e. The molecule has 0 saturated carbocycles. The maximum atomic E-state index is 12.9. The molecule has 0 amide bonds. The predicted octanol–water partition coefficient (Wildman–Crippen LogP) is 3.33. The van der Waals surface area contributed by atoms with E-state index in [1.165, 1.54) is 0 Å². The van der Waals surface area contributed by atoms with E-state index in [9.17, 15) is 4.79 Å². The van der Waals surface area contributed by atoms with Gasteiger partial charge >= 0.3 is 5.97 Å². The Hall–Kier alpha value is -2.86. The number of hydrogen-bond acceptors (Lipinski definition) is 4. The molecule has 0 spiro atoms. The summed E-state index contributed by atoms with van der Waals surface area (Å²) in [4.78, 5) is 14.9. The fourth-order valence-corrected chi connectivity index (χ4v) is 3.43. The molecule has 0 radical (unpaired) electrons. The molecule has 1 aliphatic rings. The van der Waals surface area contributed by atoms with E-state index < -0.39 is 0 Å². The molecular weight excluding hydrogens is 370 g/mol. The Morgan fingerprint density at radius 3 is 2.43 bits per heavy atom. The van der Waals surface area contributed by atoms with Gasteiger partial charge in [0.1, 0.15) is 0 Å². The monoisotopic (exact) mass is 395 g/mol. The van der Waals surface area contributed by atoms with E-state index in [-0.39, 0.29) is 12.0 Å². The zero-order chi connectivity index (χ0) is 20.1. The van der Waals surface area contributed by atoms with Gasteiger partial charge in [-0.1, -0.05) is 42.5 Å². The van der Waals surface area contributed by atoms with E-state index >= 15 is 0 Å². The number of nitrogens with zero attached hydrogens (tertiary/aromatic N) is 1. The summed E-state index contributed by atoms with van der Waals surface area (Å²) in [5.41, 5.74) is 4.46. The summed E-state index contributed by atoms with van der Waals surface area (Å²) in [6, 6.07) is 17.7. The van der Waals surface area contributed by atoms with Gasteiger partial charge in [0.2, 0.25) is 0 Å². The Balaban J connectivity index is 1.76. The molecule has 1 atom stereocenters. The summed E-state index contributed by atoms with van der Waals surface area (Å²) in [7, 11) is 3.99. The first kappa shape index (κ1) is 19.9. The first-order valence-corrected chi connectivity index (χ1v) is 9.63. The number of rotatable bonds is 6. The van der Waals surface area contributed by atoms with Crippen molar-refractivity contribution in [1.29, 1.82) is 0 Å². The van der Waals surface area contributed by atoms with Crippen molar-refractivity contribution >= 4 is 29.0 Å². The number of nitrogens with one attached hydrogen (secondary N) is 2. The lowest BCUT2D eigenvalue weighted by Crippen LogP contribution is -2.45. The molecule has 1 heterocycles. The first-order valence-electron chi connectivity index (χ1n) is 9.22. The highest BCUT2D eigenvalue weighted by molar-refractivity contribution is 7.80. The van der Waals surface area contributed by atoms with Gasteiger partial charge in [0.05, 0.1) is 18.2 Å². The molecule has 2 N–H and O–H groups in total. The molecule has 146 valence electrons. The Morgan fingerprint density at radius 1 is 1.11 bits per heavy atom. The number of benzene rings is 2. The van der Waals surface area contributed by atoms with Crippen LogP contribution in [0, 0.1) is 0 Å². The standard InChI is InChI=1S/C22H25N3O2S/c1-15-19(21(26)27-14-13-16-7-5-4-6-8-16)20(24-22(28)23-15)17-9-11-18(12-10-17)25(2)3/h4-12,20H,13-14H2,1-3H3,(H2,23,24,28)/t20-/m1/s1. The predicted molar refractivity (Wildman–Crippen MR) is 116 cm³/mol. The number of esters is 1. The number of ether oxygens (including phenoxy) is 1. The molecule has 0 aliphatic carbocycles. The van der Waals surface area contributed by atoms with Crippen LogP contribution in [0.1, 0.15) is 24.1 Å². The van der Waals surface area contributed by atoms with Crippen LogP contribution in [0.2, 0.25) is 0 Å². The third kappa shape index (κ3) is 4.70. The van der Waals surface area contributed by atoms with Crippen molar-refractivity contribution in [3.8, 4) is 0 Å².